The lowest BCUT2D eigenvalue weighted by Crippen LogP contribution is -2.25. The van der Waals surface area contributed by atoms with E-state index in [1.165, 1.54) is 35.6 Å². The number of hydrogen-bond acceptors (Lipinski definition) is 1. The number of benzene rings is 2. The average Bonchev–Trinajstić information content (AvgIpc) is 2.95. The van der Waals surface area contributed by atoms with Crippen LogP contribution in [-0.2, 0) is 6.54 Å². The van der Waals surface area contributed by atoms with E-state index in [9.17, 15) is 0 Å². The summed E-state index contributed by atoms with van der Waals surface area (Å²) < 4.78 is 0. The third-order valence-corrected chi connectivity index (χ3v) is 5.01. The van der Waals surface area contributed by atoms with Crippen LogP contribution in [0, 0.1) is 11.8 Å². The Balaban J connectivity index is 1.63. The molecule has 2 aromatic carbocycles. The molecule has 20 heavy (non-hydrogen) atoms. The fourth-order valence-electron chi connectivity index (χ4n) is 3.42. The van der Waals surface area contributed by atoms with Gasteiger partial charge in [-0.05, 0) is 47.6 Å². The standard InChI is InChI=1S/C18H22ClN/c19-11-15-7-4-8-16(15)12-20-13-17-9-3-6-14-5-1-2-10-18(14)17/h1-3,5-6,9-10,15-16,20H,4,7-8,11-13H2. The highest BCUT2D eigenvalue weighted by Crippen LogP contribution is 2.32. The quantitative estimate of drug-likeness (QED) is 0.794. The topological polar surface area (TPSA) is 12.0 Å². The summed E-state index contributed by atoms with van der Waals surface area (Å²) in [7, 11) is 0. The molecule has 2 unspecified atom stereocenters. The second-order valence-electron chi connectivity index (χ2n) is 5.87. The van der Waals surface area contributed by atoms with Crippen LogP contribution >= 0.6 is 11.6 Å². The molecule has 0 amide bonds. The van der Waals surface area contributed by atoms with Crippen molar-refractivity contribution in [3.8, 4) is 0 Å². The van der Waals surface area contributed by atoms with Gasteiger partial charge in [0.25, 0.3) is 0 Å². The van der Waals surface area contributed by atoms with Crippen molar-refractivity contribution >= 4 is 22.4 Å². The first-order chi connectivity index (χ1) is 9.88. The van der Waals surface area contributed by atoms with Gasteiger partial charge in [-0.25, -0.2) is 0 Å². The van der Waals surface area contributed by atoms with E-state index >= 15 is 0 Å². The van der Waals surface area contributed by atoms with Gasteiger partial charge in [-0.2, -0.15) is 0 Å². The summed E-state index contributed by atoms with van der Waals surface area (Å²) >= 11 is 6.05. The van der Waals surface area contributed by atoms with Gasteiger partial charge < -0.3 is 5.32 Å². The molecule has 0 bridgehead atoms. The predicted molar refractivity (Wildman–Crippen MR) is 87.2 cm³/mol. The number of alkyl halides is 1. The molecule has 1 fully saturated rings. The summed E-state index contributed by atoms with van der Waals surface area (Å²) in [6, 6.07) is 15.2. The maximum Gasteiger partial charge on any atom is 0.0254 e. The Morgan fingerprint density at radius 1 is 1.00 bits per heavy atom. The second kappa shape index (κ2) is 6.60. The molecular weight excluding hydrogens is 266 g/mol. The molecule has 0 aromatic heterocycles. The van der Waals surface area contributed by atoms with Gasteiger partial charge in [0.15, 0.2) is 0 Å². The minimum absolute atomic E-state index is 0.719. The maximum atomic E-state index is 6.05. The Labute approximate surface area is 126 Å². The zero-order valence-electron chi connectivity index (χ0n) is 11.8. The van der Waals surface area contributed by atoms with Gasteiger partial charge in [0.2, 0.25) is 0 Å². The summed E-state index contributed by atoms with van der Waals surface area (Å²) in [6.07, 6.45) is 3.99. The van der Waals surface area contributed by atoms with E-state index in [0.717, 1.165) is 30.8 Å². The Morgan fingerprint density at radius 2 is 1.80 bits per heavy atom. The lowest BCUT2D eigenvalue weighted by Gasteiger charge is -2.18. The van der Waals surface area contributed by atoms with Crippen LogP contribution < -0.4 is 5.32 Å². The Bertz CT molecular complexity index is 561. The van der Waals surface area contributed by atoms with E-state index in [4.69, 9.17) is 11.6 Å². The van der Waals surface area contributed by atoms with Crippen LogP contribution in [0.15, 0.2) is 42.5 Å². The fourth-order valence-corrected chi connectivity index (χ4v) is 3.83. The minimum atomic E-state index is 0.719. The van der Waals surface area contributed by atoms with Crippen LogP contribution in [0.1, 0.15) is 24.8 Å². The van der Waals surface area contributed by atoms with Crippen molar-refractivity contribution < 1.29 is 0 Å². The zero-order valence-corrected chi connectivity index (χ0v) is 12.6. The molecule has 106 valence electrons. The summed E-state index contributed by atoms with van der Waals surface area (Å²) in [5.74, 6) is 2.31. The molecule has 1 aliphatic rings. The van der Waals surface area contributed by atoms with Crippen molar-refractivity contribution in [2.24, 2.45) is 11.8 Å². The summed E-state index contributed by atoms with van der Waals surface area (Å²) in [4.78, 5) is 0. The molecule has 1 saturated carbocycles. The van der Waals surface area contributed by atoms with Crippen molar-refractivity contribution in [1.82, 2.24) is 5.32 Å². The molecule has 1 nitrogen and oxygen atoms in total. The molecule has 1 aliphatic carbocycles. The zero-order chi connectivity index (χ0) is 13.8. The molecule has 2 heteroatoms. The highest BCUT2D eigenvalue weighted by atomic mass is 35.5. The molecule has 1 N–H and O–H groups in total. The number of halogens is 1. The van der Waals surface area contributed by atoms with Crippen molar-refractivity contribution in [3.05, 3.63) is 48.0 Å². The van der Waals surface area contributed by atoms with Crippen molar-refractivity contribution in [2.75, 3.05) is 12.4 Å². The molecule has 0 spiro atoms. The van der Waals surface area contributed by atoms with Crippen LogP contribution in [0.2, 0.25) is 0 Å². The highest BCUT2D eigenvalue weighted by Gasteiger charge is 2.25. The first kappa shape index (κ1) is 13.9. The summed E-state index contributed by atoms with van der Waals surface area (Å²) in [6.45, 7) is 2.05. The van der Waals surface area contributed by atoms with Crippen molar-refractivity contribution in [3.63, 3.8) is 0 Å². The number of rotatable bonds is 5. The normalized spacial score (nSPS) is 22.4. The molecule has 0 aliphatic heterocycles. The Morgan fingerprint density at radius 3 is 2.70 bits per heavy atom. The third kappa shape index (κ3) is 2.99. The monoisotopic (exact) mass is 287 g/mol. The summed E-state index contributed by atoms with van der Waals surface area (Å²) in [5, 5.41) is 6.33. The average molecular weight is 288 g/mol. The molecule has 3 rings (SSSR count). The number of hydrogen-bond donors (Lipinski definition) is 1. The fraction of sp³-hybridized carbons (Fsp3) is 0.444. The van der Waals surface area contributed by atoms with E-state index in [0.29, 0.717) is 0 Å². The molecule has 2 atom stereocenters. The van der Waals surface area contributed by atoms with E-state index in [1.807, 2.05) is 0 Å². The van der Waals surface area contributed by atoms with Gasteiger partial charge in [-0.1, -0.05) is 48.9 Å². The van der Waals surface area contributed by atoms with Crippen LogP contribution in [0.5, 0.6) is 0 Å². The molecule has 0 heterocycles. The van der Waals surface area contributed by atoms with Crippen molar-refractivity contribution in [1.29, 1.82) is 0 Å². The van der Waals surface area contributed by atoms with Gasteiger partial charge in [0.1, 0.15) is 0 Å². The van der Waals surface area contributed by atoms with Crippen LogP contribution in [0.3, 0.4) is 0 Å². The van der Waals surface area contributed by atoms with E-state index in [-0.39, 0.29) is 0 Å². The van der Waals surface area contributed by atoms with E-state index in [2.05, 4.69) is 47.8 Å². The van der Waals surface area contributed by atoms with E-state index in [1.54, 1.807) is 0 Å². The first-order valence-electron chi connectivity index (χ1n) is 7.62. The van der Waals surface area contributed by atoms with Gasteiger partial charge in [-0.15, -0.1) is 11.6 Å². The molecule has 0 saturated heterocycles. The number of nitrogens with one attached hydrogen (secondary N) is 1. The first-order valence-corrected chi connectivity index (χ1v) is 8.15. The lowest BCUT2D eigenvalue weighted by atomic mass is 9.98. The van der Waals surface area contributed by atoms with Gasteiger partial charge in [0.05, 0.1) is 0 Å². The Hall–Kier alpha value is -1.05. The molecular formula is C18H22ClN. The lowest BCUT2D eigenvalue weighted by molar-refractivity contribution is 0.396. The maximum absolute atomic E-state index is 6.05. The largest absolute Gasteiger partial charge is 0.312 e. The number of fused-ring (bicyclic) bond motifs is 1. The van der Waals surface area contributed by atoms with E-state index < -0.39 is 0 Å². The minimum Gasteiger partial charge on any atom is -0.312 e. The van der Waals surface area contributed by atoms with Gasteiger partial charge in [-0.3, -0.25) is 0 Å². The van der Waals surface area contributed by atoms with Gasteiger partial charge in [0, 0.05) is 12.4 Å². The molecule has 2 aromatic rings. The smallest absolute Gasteiger partial charge is 0.0254 e. The molecule has 0 radical (unpaired) electrons. The highest BCUT2D eigenvalue weighted by molar-refractivity contribution is 6.18. The Kier molecular flexibility index (Phi) is 4.59. The SMILES string of the molecule is ClCC1CCCC1CNCc1cccc2ccccc12. The van der Waals surface area contributed by atoms with Crippen LogP contribution in [-0.4, -0.2) is 12.4 Å². The predicted octanol–water partition coefficient (Wildman–Crippen LogP) is 4.58. The van der Waals surface area contributed by atoms with Gasteiger partial charge >= 0.3 is 0 Å². The van der Waals surface area contributed by atoms with Crippen molar-refractivity contribution in [2.45, 2.75) is 25.8 Å². The van der Waals surface area contributed by atoms with Crippen LogP contribution in [0.4, 0.5) is 0 Å². The third-order valence-electron chi connectivity index (χ3n) is 4.62. The summed E-state index contributed by atoms with van der Waals surface area (Å²) in [5.41, 5.74) is 1.39. The van der Waals surface area contributed by atoms with Crippen LogP contribution in [0.25, 0.3) is 10.8 Å². The second-order valence-corrected chi connectivity index (χ2v) is 6.18.